The van der Waals surface area contributed by atoms with Crippen LogP contribution >= 0.6 is 15.9 Å². The van der Waals surface area contributed by atoms with Crippen molar-refractivity contribution in [2.75, 3.05) is 7.11 Å². The third-order valence-electron chi connectivity index (χ3n) is 3.69. The number of rotatable bonds is 3. The lowest BCUT2D eigenvalue weighted by atomic mass is 9.56. The summed E-state index contributed by atoms with van der Waals surface area (Å²) in [5.41, 5.74) is 5.39. The minimum Gasteiger partial charge on any atom is -0.469 e. The first-order valence-electron chi connectivity index (χ1n) is 5.66. The highest BCUT2D eigenvalue weighted by atomic mass is 79.9. The van der Waals surface area contributed by atoms with Crippen LogP contribution in [0.5, 0.6) is 0 Å². The second kappa shape index (κ2) is 4.72. The minimum absolute atomic E-state index is 0.375. The van der Waals surface area contributed by atoms with E-state index in [0.29, 0.717) is 12.8 Å². The Kier molecular flexibility index (Phi) is 3.43. The summed E-state index contributed by atoms with van der Waals surface area (Å²) in [5, 5.41) is 0. The number of hydrogen-bond donors (Lipinski definition) is 1. The van der Waals surface area contributed by atoms with Gasteiger partial charge in [0.15, 0.2) is 0 Å². The van der Waals surface area contributed by atoms with Gasteiger partial charge in [0.25, 0.3) is 0 Å². The zero-order chi connectivity index (χ0) is 13.3. The number of ether oxygens (including phenoxy) is 1. The van der Waals surface area contributed by atoms with Gasteiger partial charge >= 0.3 is 5.97 Å². The number of benzene rings is 1. The molecular weight excluding hydrogens is 298 g/mol. The van der Waals surface area contributed by atoms with Crippen molar-refractivity contribution in [3.05, 3.63) is 34.3 Å². The van der Waals surface area contributed by atoms with E-state index in [0.717, 1.165) is 10.0 Å². The Morgan fingerprint density at radius 3 is 2.67 bits per heavy atom. The molecule has 0 saturated heterocycles. The molecule has 0 bridgehead atoms. The van der Waals surface area contributed by atoms with Gasteiger partial charge in [0.2, 0.25) is 5.91 Å². The average molecular weight is 312 g/mol. The second-order valence-electron chi connectivity index (χ2n) is 4.46. The summed E-state index contributed by atoms with van der Waals surface area (Å²) in [7, 11) is 1.33. The molecule has 1 saturated carbocycles. The molecule has 0 aromatic heterocycles. The highest BCUT2D eigenvalue weighted by molar-refractivity contribution is 9.10. The normalized spacial score (nSPS) is 26.2. The average Bonchev–Trinajstić information content (AvgIpc) is 2.27. The Balaban J connectivity index is 2.46. The Hall–Kier alpha value is -1.36. The topological polar surface area (TPSA) is 69.4 Å². The number of esters is 1. The molecule has 2 atom stereocenters. The summed E-state index contributed by atoms with van der Waals surface area (Å²) < 4.78 is 5.61. The van der Waals surface area contributed by atoms with E-state index < -0.39 is 17.2 Å². The van der Waals surface area contributed by atoms with Crippen molar-refractivity contribution in [3.8, 4) is 0 Å². The largest absolute Gasteiger partial charge is 0.469 e. The van der Waals surface area contributed by atoms with E-state index in [4.69, 9.17) is 10.5 Å². The van der Waals surface area contributed by atoms with Gasteiger partial charge < -0.3 is 10.5 Å². The van der Waals surface area contributed by atoms with Crippen LogP contribution in [0.1, 0.15) is 18.4 Å². The van der Waals surface area contributed by atoms with Crippen LogP contribution in [0, 0.1) is 5.92 Å². The van der Waals surface area contributed by atoms with Crippen molar-refractivity contribution in [3.63, 3.8) is 0 Å². The van der Waals surface area contributed by atoms with Crippen LogP contribution in [0.2, 0.25) is 0 Å². The maximum Gasteiger partial charge on any atom is 0.310 e. The fraction of sp³-hybridized carbons (Fsp3) is 0.385. The zero-order valence-corrected chi connectivity index (χ0v) is 11.6. The molecule has 96 valence electrons. The molecule has 2 N–H and O–H groups in total. The summed E-state index contributed by atoms with van der Waals surface area (Å²) in [4.78, 5) is 23.6. The maximum atomic E-state index is 11.8. The molecule has 0 heterocycles. The number of carbonyl (C=O) groups excluding carboxylic acids is 2. The van der Waals surface area contributed by atoms with Crippen molar-refractivity contribution < 1.29 is 14.3 Å². The number of amides is 1. The van der Waals surface area contributed by atoms with Crippen LogP contribution in [-0.2, 0) is 19.7 Å². The maximum absolute atomic E-state index is 11.8. The second-order valence-corrected chi connectivity index (χ2v) is 5.38. The first-order valence-corrected chi connectivity index (χ1v) is 6.45. The van der Waals surface area contributed by atoms with E-state index in [1.54, 1.807) is 0 Å². The van der Waals surface area contributed by atoms with Crippen molar-refractivity contribution in [1.29, 1.82) is 0 Å². The molecule has 1 fully saturated rings. The molecule has 1 aliphatic rings. The molecule has 1 aromatic rings. The SMILES string of the molecule is COC(=O)C1CCC1(C(N)=O)c1cccc(Br)c1. The monoisotopic (exact) mass is 311 g/mol. The van der Waals surface area contributed by atoms with Crippen LogP contribution in [-0.4, -0.2) is 19.0 Å². The summed E-state index contributed by atoms with van der Waals surface area (Å²) >= 11 is 3.36. The molecule has 2 rings (SSSR count). The smallest absolute Gasteiger partial charge is 0.310 e. The van der Waals surface area contributed by atoms with Gasteiger partial charge in [-0.25, -0.2) is 0 Å². The Morgan fingerprint density at radius 1 is 1.50 bits per heavy atom. The van der Waals surface area contributed by atoms with Crippen molar-refractivity contribution in [2.24, 2.45) is 11.7 Å². The lowest BCUT2D eigenvalue weighted by Gasteiger charge is -2.45. The lowest BCUT2D eigenvalue weighted by Crippen LogP contribution is -2.57. The van der Waals surface area contributed by atoms with Gasteiger partial charge in [0.1, 0.15) is 0 Å². The van der Waals surface area contributed by atoms with Crippen molar-refractivity contribution in [2.45, 2.75) is 18.3 Å². The number of carbonyl (C=O) groups is 2. The molecule has 2 unspecified atom stereocenters. The molecule has 0 aliphatic heterocycles. The number of hydrogen-bond acceptors (Lipinski definition) is 3. The van der Waals surface area contributed by atoms with E-state index in [2.05, 4.69) is 15.9 Å². The predicted octanol–water partition coefficient (Wildman–Crippen LogP) is 1.76. The number of halogens is 1. The first-order chi connectivity index (χ1) is 8.52. The van der Waals surface area contributed by atoms with E-state index in [1.807, 2.05) is 24.3 Å². The van der Waals surface area contributed by atoms with E-state index in [1.165, 1.54) is 7.11 Å². The van der Waals surface area contributed by atoms with Gasteiger partial charge in [-0.05, 0) is 30.5 Å². The first kappa shape index (κ1) is 13.1. The van der Waals surface area contributed by atoms with Gasteiger partial charge in [0.05, 0.1) is 18.4 Å². The molecule has 4 nitrogen and oxygen atoms in total. The highest BCUT2D eigenvalue weighted by Crippen LogP contribution is 2.49. The van der Waals surface area contributed by atoms with Crippen LogP contribution in [0.15, 0.2) is 28.7 Å². The highest BCUT2D eigenvalue weighted by Gasteiger charge is 2.56. The zero-order valence-electron chi connectivity index (χ0n) is 9.98. The Morgan fingerprint density at radius 2 is 2.22 bits per heavy atom. The molecule has 18 heavy (non-hydrogen) atoms. The van der Waals surface area contributed by atoms with Crippen molar-refractivity contribution >= 4 is 27.8 Å². The van der Waals surface area contributed by atoms with E-state index in [9.17, 15) is 9.59 Å². The summed E-state index contributed by atoms with van der Waals surface area (Å²) in [6, 6.07) is 7.35. The molecule has 1 aromatic carbocycles. The fourth-order valence-electron chi connectivity index (χ4n) is 2.59. The summed E-state index contributed by atoms with van der Waals surface area (Å²) in [6.07, 6.45) is 1.21. The van der Waals surface area contributed by atoms with E-state index in [-0.39, 0.29) is 5.97 Å². The number of primary amides is 1. The van der Waals surface area contributed by atoms with Gasteiger partial charge in [0, 0.05) is 4.47 Å². The molecule has 1 amide bonds. The molecule has 0 spiro atoms. The molecule has 1 aliphatic carbocycles. The van der Waals surface area contributed by atoms with E-state index >= 15 is 0 Å². The lowest BCUT2D eigenvalue weighted by molar-refractivity contribution is -0.157. The molecular formula is C13H14BrNO3. The third-order valence-corrected chi connectivity index (χ3v) is 4.18. The van der Waals surface area contributed by atoms with Crippen LogP contribution in [0.3, 0.4) is 0 Å². The molecule has 0 radical (unpaired) electrons. The van der Waals surface area contributed by atoms with Crippen molar-refractivity contribution in [1.82, 2.24) is 0 Å². The summed E-state index contributed by atoms with van der Waals surface area (Å²) in [6.45, 7) is 0. The number of methoxy groups -OCH3 is 1. The molecule has 5 heteroatoms. The Labute approximate surface area is 114 Å². The predicted molar refractivity (Wildman–Crippen MR) is 69.8 cm³/mol. The van der Waals surface area contributed by atoms with Gasteiger partial charge in [-0.3, -0.25) is 9.59 Å². The quantitative estimate of drug-likeness (QED) is 0.865. The third kappa shape index (κ3) is 1.82. The van der Waals surface area contributed by atoms with Gasteiger partial charge in [-0.1, -0.05) is 28.1 Å². The summed E-state index contributed by atoms with van der Waals surface area (Å²) in [5.74, 6) is -1.32. The van der Waals surface area contributed by atoms with Crippen LogP contribution < -0.4 is 5.73 Å². The van der Waals surface area contributed by atoms with Gasteiger partial charge in [-0.15, -0.1) is 0 Å². The fourth-order valence-corrected chi connectivity index (χ4v) is 2.99. The number of nitrogens with two attached hydrogens (primary N) is 1. The Bertz CT molecular complexity index is 503. The van der Waals surface area contributed by atoms with Crippen LogP contribution in [0.4, 0.5) is 0 Å². The standard InChI is InChI=1S/C13H14BrNO3/c1-18-11(16)10-5-6-13(10,12(15)17)8-3-2-4-9(14)7-8/h2-4,7,10H,5-6H2,1H3,(H2,15,17). The van der Waals surface area contributed by atoms with Crippen LogP contribution in [0.25, 0.3) is 0 Å². The minimum atomic E-state index is -0.920. The van der Waals surface area contributed by atoms with Gasteiger partial charge in [-0.2, -0.15) is 0 Å².